The van der Waals surface area contributed by atoms with Crippen LogP contribution in [0, 0.1) is 17.0 Å². The van der Waals surface area contributed by atoms with E-state index in [1.165, 1.54) is 6.07 Å². The lowest BCUT2D eigenvalue weighted by Crippen LogP contribution is -1.90. The highest BCUT2D eigenvalue weighted by Crippen LogP contribution is 2.26. The number of aromatic nitrogens is 1. The van der Waals surface area contributed by atoms with Gasteiger partial charge < -0.3 is 0 Å². The lowest BCUT2D eigenvalue weighted by atomic mass is 10.0. The van der Waals surface area contributed by atoms with E-state index in [9.17, 15) is 10.1 Å². The highest BCUT2D eigenvalue weighted by Gasteiger charge is 2.09. The van der Waals surface area contributed by atoms with Gasteiger partial charge in [0.15, 0.2) is 0 Å². The monoisotopic (exact) mass is 214 g/mol. The van der Waals surface area contributed by atoms with Crippen LogP contribution in [-0.4, -0.2) is 9.91 Å². The van der Waals surface area contributed by atoms with Crippen LogP contribution in [0.25, 0.3) is 11.1 Å². The fourth-order valence-electron chi connectivity index (χ4n) is 1.57. The molecule has 2 aromatic rings. The van der Waals surface area contributed by atoms with Crippen molar-refractivity contribution in [2.24, 2.45) is 0 Å². The number of nitro groups is 1. The molecule has 0 spiro atoms. The summed E-state index contributed by atoms with van der Waals surface area (Å²) in [7, 11) is 0. The number of pyridine rings is 1. The van der Waals surface area contributed by atoms with Crippen molar-refractivity contribution in [3.8, 4) is 11.1 Å². The molecule has 0 radical (unpaired) electrons. The van der Waals surface area contributed by atoms with Crippen LogP contribution in [0.2, 0.25) is 0 Å². The standard InChI is InChI=1S/C12H10N2O2/c1-9-2-3-11(14(15)16)8-12(9)10-4-6-13-7-5-10/h2-8H,1H3. The summed E-state index contributed by atoms with van der Waals surface area (Å²) in [6.45, 7) is 1.93. The van der Waals surface area contributed by atoms with Gasteiger partial charge in [0.1, 0.15) is 0 Å². The highest BCUT2D eigenvalue weighted by atomic mass is 16.6. The summed E-state index contributed by atoms with van der Waals surface area (Å²) < 4.78 is 0. The van der Waals surface area contributed by atoms with Crippen molar-refractivity contribution in [1.29, 1.82) is 0 Å². The van der Waals surface area contributed by atoms with Crippen LogP contribution in [0.4, 0.5) is 5.69 Å². The molecule has 80 valence electrons. The number of hydrogen-bond donors (Lipinski definition) is 0. The maximum atomic E-state index is 10.7. The fraction of sp³-hybridized carbons (Fsp3) is 0.0833. The van der Waals surface area contributed by atoms with E-state index in [0.717, 1.165) is 16.7 Å². The highest BCUT2D eigenvalue weighted by molar-refractivity contribution is 5.69. The molecule has 1 aromatic carbocycles. The van der Waals surface area contributed by atoms with Gasteiger partial charge in [0, 0.05) is 24.5 Å². The molecule has 0 aliphatic heterocycles. The van der Waals surface area contributed by atoms with Crippen LogP contribution in [-0.2, 0) is 0 Å². The van der Waals surface area contributed by atoms with Crippen molar-refractivity contribution in [2.75, 3.05) is 0 Å². The Bertz CT molecular complexity index is 524. The van der Waals surface area contributed by atoms with E-state index in [2.05, 4.69) is 4.98 Å². The first kappa shape index (κ1) is 10.3. The van der Waals surface area contributed by atoms with Crippen LogP contribution >= 0.6 is 0 Å². The number of non-ortho nitro benzene ring substituents is 1. The smallest absolute Gasteiger partial charge is 0.265 e. The number of hydrogen-bond acceptors (Lipinski definition) is 3. The van der Waals surface area contributed by atoms with E-state index >= 15 is 0 Å². The molecule has 0 aliphatic carbocycles. The first-order chi connectivity index (χ1) is 7.68. The molecular formula is C12H10N2O2. The summed E-state index contributed by atoms with van der Waals surface area (Å²) >= 11 is 0. The Morgan fingerprint density at radius 3 is 2.50 bits per heavy atom. The van der Waals surface area contributed by atoms with Crippen molar-refractivity contribution in [2.45, 2.75) is 6.92 Å². The van der Waals surface area contributed by atoms with Gasteiger partial charge in [0.25, 0.3) is 5.69 Å². The molecule has 0 aliphatic rings. The van der Waals surface area contributed by atoms with E-state index in [4.69, 9.17) is 0 Å². The molecule has 2 rings (SSSR count). The topological polar surface area (TPSA) is 56.0 Å². The molecule has 4 nitrogen and oxygen atoms in total. The van der Waals surface area contributed by atoms with Gasteiger partial charge in [0.2, 0.25) is 0 Å². The van der Waals surface area contributed by atoms with Gasteiger partial charge in [-0.05, 0) is 35.7 Å². The minimum atomic E-state index is -0.385. The summed E-state index contributed by atoms with van der Waals surface area (Å²) in [6, 6.07) is 8.54. The zero-order valence-corrected chi connectivity index (χ0v) is 8.75. The lowest BCUT2D eigenvalue weighted by molar-refractivity contribution is -0.384. The Morgan fingerprint density at radius 1 is 1.19 bits per heavy atom. The minimum absolute atomic E-state index is 0.109. The summed E-state index contributed by atoms with van der Waals surface area (Å²) in [6.07, 6.45) is 3.35. The van der Waals surface area contributed by atoms with Crippen LogP contribution in [0.5, 0.6) is 0 Å². The van der Waals surface area contributed by atoms with Crippen molar-refractivity contribution in [3.63, 3.8) is 0 Å². The molecule has 0 N–H and O–H groups in total. The van der Waals surface area contributed by atoms with Crippen molar-refractivity contribution in [3.05, 3.63) is 58.4 Å². The minimum Gasteiger partial charge on any atom is -0.265 e. The second kappa shape index (κ2) is 4.10. The zero-order valence-electron chi connectivity index (χ0n) is 8.75. The molecule has 0 unspecified atom stereocenters. The summed E-state index contributed by atoms with van der Waals surface area (Å²) in [5, 5.41) is 10.7. The Morgan fingerprint density at radius 2 is 1.88 bits per heavy atom. The SMILES string of the molecule is Cc1ccc([N+](=O)[O-])cc1-c1ccncc1. The molecule has 4 heteroatoms. The summed E-state index contributed by atoms with van der Waals surface area (Å²) in [5.41, 5.74) is 2.93. The Balaban J connectivity index is 2.56. The van der Waals surface area contributed by atoms with Crippen molar-refractivity contribution < 1.29 is 4.92 Å². The number of nitrogens with zero attached hydrogens (tertiary/aromatic N) is 2. The molecule has 0 saturated carbocycles. The van der Waals surface area contributed by atoms with Crippen LogP contribution in [0.3, 0.4) is 0 Å². The maximum Gasteiger partial charge on any atom is 0.270 e. The van der Waals surface area contributed by atoms with E-state index in [-0.39, 0.29) is 10.6 Å². The van der Waals surface area contributed by atoms with Crippen molar-refractivity contribution >= 4 is 5.69 Å². The van der Waals surface area contributed by atoms with Gasteiger partial charge in [0.05, 0.1) is 4.92 Å². The molecule has 0 saturated heterocycles. The molecule has 0 bridgehead atoms. The second-order valence-electron chi connectivity index (χ2n) is 3.49. The van der Waals surface area contributed by atoms with E-state index in [1.54, 1.807) is 24.5 Å². The second-order valence-corrected chi connectivity index (χ2v) is 3.49. The largest absolute Gasteiger partial charge is 0.270 e. The molecule has 0 fully saturated rings. The van der Waals surface area contributed by atoms with Crippen LogP contribution < -0.4 is 0 Å². The molecule has 0 amide bonds. The summed E-state index contributed by atoms with van der Waals surface area (Å²) in [4.78, 5) is 14.2. The summed E-state index contributed by atoms with van der Waals surface area (Å²) in [5.74, 6) is 0. The van der Waals surface area contributed by atoms with Crippen LogP contribution in [0.15, 0.2) is 42.7 Å². The first-order valence-corrected chi connectivity index (χ1v) is 4.84. The molecule has 1 heterocycles. The molecular weight excluding hydrogens is 204 g/mol. The maximum absolute atomic E-state index is 10.7. The van der Waals surface area contributed by atoms with Gasteiger partial charge in [-0.1, -0.05) is 6.07 Å². The predicted octanol–water partition coefficient (Wildman–Crippen LogP) is 2.97. The predicted molar refractivity (Wildman–Crippen MR) is 61.1 cm³/mol. The van der Waals surface area contributed by atoms with Crippen LogP contribution in [0.1, 0.15) is 5.56 Å². The zero-order chi connectivity index (χ0) is 11.5. The van der Waals surface area contributed by atoms with E-state index < -0.39 is 0 Å². The van der Waals surface area contributed by atoms with Gasteiger partial charge >= 0.3 is 0 Å². The third-order valence-corrected chi connectivity index (χ3v) is 2.42. The normalized spacial score (nSPS) is 10.1. The number of benzene rings is 1. The number of rotatable bonds is 2. The first-order valence-electron chi connectivity index (χ1n) is 4.84. The average molecular weight is 214 g/mol. The quantitative estimate of drug-likeness (QED) is 0.570. The van der Waals surface area contributed by atoms with Gasteiger partial charge in [-0.15, -0.1) is 0 Å². The Hall–Kier alpha value is -2.23. The third kappa shape index (κ3) is 1.91. The molecule has 16 heavy (non-hydrogen) atoms. The third-order valence-electron chi connectivity index (χ3n) is 2.42. The molecule has 0 atom stereocenters. The van der Waals surface area contributed by atoms with Gasteiger partial charge in [-0.25, -0.2) is 0 Å². The number of aryl methyl sites for hydroxylation is 1. The molecule has 1 aromatic heterocycles. The van der Waals surface area contributed by atoms with Crippen molar-refractivity contribution in [1.82, 2.24) is 4.98 Å². The average Bonchev–Trinajstić information content (AvgIpc) is 2.30. The van der Waals surface area contributed by atoms with E-state index in [1.807, 2.05) is 19.1 Å². The van der Waals surface area contributed by atoms with Gasteiger partial charge in [-0.3, -0.25) is 15.1 Å². The Kier molecular flexibility index (Phi) is 2.64. The number of nitro benzene ring substituents is 1. The Labute approximate surface area is 92.7 Å². The lowest BCUT2D eigenvalue weighted by Gasteiger charge is -2.04. The van der Waals surface area contributed by atoms with E-state index in [0.29, 0.717) is 0 Å². The van der Waals surface area contributed by atoms with Gasteiger partial charge in [-0.2, -0.15) is 0 Å². The fourth-order valence-corrected chi connectivity index (χ4v) is 1.57.